The van der Waals surface area contributed by atoms with Gasteiger partial charge in [-0.2, -0.15) is 0 Å². The quantitative estimate of drug-likeness (QED) is 0.791. The molecule has 152 valence electrons. The number of morpholine rings is 1. The molecule has 28 heavy (non-hydrogen) atoms. The molecule has 4 rings (SSSR count). The maximum atomic E-state index is 5.95. The summed E-state index contributed by atoms with van der Waals surface area (Å²) in [6.07, 6.45) is 1.62. The van der Waals surface area contributed by atoms with E-state index < -0.39 is 0 Å². The van der Waals surface area contributed by atoms with Gasteiger partial charge < -0.3 is 19.4 Å². The van der Waals surface area contributed by atoms with Crippen LogP contribution in [-0.2, 0) is 4.74 Å². The Hall–Kier alpha value is -1.92. The monoisotopic (exact) mass is 383 g/mol. The van der Waals surface area contributed by atoms with Crippen LogP contribution in [0.15, 0.2) is 24.3 Å². The summed E-state index contributed by atoms with van der Waals surface area (Å²) < 4.78 is 5.95. The highest BCUT2D eigenvalue weighted by molar-refractivity contribution is 5.81. The summed E-state index contributed by atoms with van der Waals surface area (Å²) in [6.45, 7) is 12.6. The van der Waals surface area contributed by atoms with E-state index in [1.54, 1.807) is 0 Å². The standard InChI is InChI=1S/C22H33N5O/c1-5-25(4)14-18-10-11-26(15-18)21-22(27-12-16(2)28-17(3)13-27)24-20-9-7-6-8-19(20)23-21/h6-9,16-18H,5,10-15H2,1-4H3. The first-order valence-corrected chi connectivity index (χ1v) is 10.6. The van der Waals surface area contributed by atoms with Crippen LogP contribution < -0.4 is 9.80 Å². The number of hydrogen-bond acceptors (Lipinski definition) is 6. The number of ether oxygens (including phenoxy) is 1. The topological polar surface area (TPSA) is 44.7 Å². The van der Waals surface area contributed by atoms with Crippen molar-refractivity contribution in [1.29, 1.82) is 0 Å². The molecule has 0 aliphatic carbocycles. The van der Waals surface area contributed by atoms with Gasteiger partial charge in [-0.1, -0.05) is 19.1 Å². The highest BCUT2D eigenvalue weighted by atomic mass is 16.5. The van der Waals surface area contributed by atoms with Gasteiger partial charge in [0.2, 0.25) is 0 Å². The van der Waals surface area contributed by atoms with E-state index in [4.69, 9.17) is 14.7 Å². The molecule has 1 aromatic heterocycles. The molecule has 1 aromatic carbocycles. The summed E-state index contributed by atoms with van der Waals surface area (Å²) in [7, 11) is 2.21. The third kappa shape index (κ3) is 4.08. The molecule has 0 N–H and O–H groups in total. The number of benzene rings is 1. The van der Waals surface area contributed by atoms with Crippen LogP contribution in [-0.4, -0.2) is 73.4 Å². The lowest BCUT2D eigenvalue weighted by Crippen LogP contribution is -2.46. The number of anilines is 2. The fourth-order valence-corrected chi connectivity index (χ4v) is 4.50. The molecular formula is C22H33N5O. The minimum absolute atomic E-state index is 0.203. The van der Waals surface area contributed by atoms with Crippen LogP contribution in [0.25, 0.3) is 11.0 Å². The Balaban J connectivity index is 1.66. The minimum Gasteiger partial charge on any atom is -0.372 e. The third-order valence-corrected chi connectivity index (χ3v) is 5.95. The van der Waals surface area contributed by atoms with Crippen molar-refractivity contribution in [3.63, 3.8) is 0 Å². The van der Waals surface area contributed by atoms with Crippen molar-refractivity contribution in [2.24, 2.45) is 5.92 Å². The van der Waals surface area contributed by atoms with Crippen LogP contribution in [0.4, 0.5) is 11.6 Å². The lowest BCUT2D eigenvalue weighted by molar-refractivity contribution is -0.00542. The summed E-state index contributed by atoms with van der Waals surface area (Å²) in [5.41, 5.74) is 1.94. The number of nitrogens with zero attached hydrogens (tertiary/aromatic N) is 5. The molecule has 0 spiro atoms. The molecule has 3 unspecified atom stereocenters. The number of rotatable bonds is 5. The minimum atomic E-state index is 0.203. The zero-order chi connectivity index (χ0) is 19.7. The van der Waals surface area contributed by atoms with Gasteiger partial charge in [-0.15, -0.1) is 0 Å². The second kappa shape index (κ2) is 8.21. The second-order valence-electron chi connectivity index (χ2n) is 8.48. The molecule has 6 heteroatoms. The third-order valence-electron chi connectivity index (χ3n) is 5.95. The Morgan fingerprint density at radius 1 is 1.00 bits per heavy atom. The van der Waals surface area contributed by atoms with E-state index in [-0.39, 0.29) is 12.2 Å². The van der Waals surface area contributed by atoms with Crippen LogP contribution in [0.2, 0.25) is 0 Å². The molecule has 3 atom stereocenters. The van der Waals surface area contributed by atoms with Crippen LogP contribution >= 0.6 is 0 Å². The highest BCUT2D eigenvalue weighted by Crippen LogP contribution is 2.33. The summed E-state index contributed by atoms with van der Waals surface area (Å²) in [6, 6.07) is 8.21. The van der Waals surface area contributed by atoms with Crippen molar-refractivity contribution < 1.29 is 4.74 Å². The maximum absolute atomic E-state index is 5.95. The number of aromatic nitrogens is 2. The average molecular weight is 384 g/mol. The average Bonchev–Trinajstić information content (AvgIpc) is 3.14. The molecule has 0 amide bonds. The number of para-hydroxylation sites is 2. The molecule has 6 nitrogen and oxygen atoms in total. The molecule has 2 aliphatic heterocycles. The van der Waals surface area contributed by atoms with Gasteiger partial charge in [0.1, 0.15) is 0 Å². The number of hydrogen-bond donors (Lipinski definition) is 0. The predicted octanol–water partition coefficient (Wildman–Crippen LogP) is 3.02. The van der Waals surface area contributed by atoms with E-state index in [1.807, 2.05) is 12.1 Å². The van der Waals surface area contributed by atoms with Crippen LogP contribution in [0.3, 0.4) is 0 Å². The van der Waals surface area contributed by atoms with Crippen LogP contribution in [0.1, 0.15) is 27.2 Å². The molecule has 3 heterocycles. The van der Waals surface area contributed by atoms with E-state index in [1.165, 1.54) is 6.42 Å². The Labute approximate surface area is 168 Å². The summed E-state index contributed by atoms with van der Waals surface area (Å²) in [5.74, 6) is 2.75. The summed E-state index contributed by atoms with van der Waals surface area (Å²) in [4.78, 5) is 17.4. The van der Waals surface area contributed by atoms with Crippen molar-refractivity contribution in [2.45, 2.75) is 39.4 Å². The second-order valence-corrected chi connectivity index (χ2v) is 8.48. The zero-order valence-electron chi connectivity index (χ0n) is 17.6. The molecule has 2 aliphatic rings. The van der Waals surface area contributed by atoms with Crippen molar-refractivity contribution in [3.8, 4) is 0 Å². The van der Waals surface area contributed by atoms with Gasteiger partial charge in [-0.25, -0.2) is 9.97 Å². The maximum Gasteiger partial charge on any atom is 0.172 e. The smallest absolute Gasteiger partial charge is 0.172 e. The first-order chi connectivity index (χ1) is 13.5. The number of fused-ring (bicyclic) bond motifs is 1. The Morgan fingerprint density at radius 2 is 1.61 bits per heavy atom. The predicted molar refractivity (Wildman–Crippen MR) is 115 cm³/mol. The van der Waals surface area contributed by atoms with Gasteiger partial charge in [-0.3, -0.25) is 0 Å². The van der Waals surface area contributed by atoms with E-state index in [9.17, 15) is 0 Å². The SMILES string of the molecule is CCN(C)CC1CCN(c2nc3ccccc3nc2N2CC(C)OC(C)C2)C1. The van der Waals surface area contributed by atoms with Gasteiger partial charge in [0.05, 0.1) is 23.2 Å². The molecule has 2 aromatic rings. The molecular weight excluding hydrogens is 350 g/mol. The summed E-state index contributed by atoms with van der Waals surface area (Å²) in [5, 5.41) is 0. The highest BCUT2D eigenvalue weighted by Gasteiger charge is 2.31. The Morgan fingerprint density at radius 3 is 2.21 bits per heavy atom. The van der Waals surface area contributed by atoms with Crippen molar-refractivity contribution in [1.82, 2.24) is 14.9 Å². The van der Waals surface area contributed by atoms with E-state index in [2.05, 4.69) is 54.7 Å². The largest absolute Gasteiger partial charge is 0.372 e. The molecule has 0 bridgehead atoms. The van der Waals surface area contributed by atoms with Crippen molar-refractivity contribution >= 4 is 22.7 Å². The van der Waals surface area contributed by atoms with E-state index in [0.717, 1.165) is 61.9 Å². The normalized spacial score (nSPS) is 25.8. The van der Waals surface area contributed by atoms with Gasteiger partial charge in [0.15, 0.2) is 11.6 Å². The van der Waals surface area contributed by atoms with Crippen LogP contribution in [0.5, 0.6) is 0 Å². The lowest BCUT2D eigenvalue weighted by atomic mass is 10.1. The lowest BCUT2D eigenvalue weighted by Gasteiger charge is -2.37. The van der Waals surface area contributed by atoms with Gasteiger partial charge >= 0.3 is 0 Å². The Bertz CT molecular complexity index is 803. The Kier molecular flexibility index (Phi) is 5.69. The molecule has 2 saturated heterocycles. The van der Waals surface area contributed by atoms with E-state index in [0.29, 0.717) is 5.92 Å². The first-order valence-electron chi connectivity index (χ1n) is 10.6. The van der Waals surface area contributed by atoms with Gasteiger partial charge in [-0.05, 0) is 51.9 Å². The van der Waals surface area contributed by atoms with Gasteiger partial charge in [0, 0.05) is 32.7 Å². The van der Waals surface area contributed by atoms with Crippen molar-refractivity contribution in [2.75, 3.05) is 56.1 Å². The van der Waals surface area contributed by atoms with Gasteiger partial charge in [0.25, 0.3) is 0 Å². The fourth-order valence-electron chi connectivity index (χ4n) is 4.50. The van der Waals surface area contributed by atoms with Crippen LogP contribution in [0, 0.1) is 5.92 Å². The zero-order valence-corrected chi connectivity index (χ0v) is 17.6. The molecule has 0 saturated carbocycles. The first kappa shape index (κ1) is 19.4. The van der Waals surface area contributed by atoms with Crippen molar-refractivity contribution in [3.05, 3.63) is 24.3 Å². The van der Waals surface area contributed by atoms with E-state index >= 15 is 0 Å². The molecule has 2 fully saturated rings. The molecule has 0 radical (unpaired) electrons. The summed E-state index contributed by atoms with van der Waals surface area (Å²) >= 11 is 0. The fraction of sp³-hybridized carbons (Fsp3) is 0.636.